The van der Waals surface area contributed by atoms with Crippen molar-refractivity contribution in [3.63, 3.8) is 0 Å². The molecule has 0 unspecified atom stereocenters. The Bertz CT molecular complexity index is 1160. The van der Waals surface area contributed by atoms with Crippen LogP contribution in [0.4, 0.5) is 5.95 Å². The molecule has 0 radical (unpaired) electrons. The molecule has 0 bridgehead atoms. The second-order valence-electron chi connectivity index (χ2n) is 7.16. The average Bonchev–Trinajstić information content (AvgIpc) is 3.24. The van der Waals surface area contributed by atoms with E-state index < -0.39 is 0 Å². The highest BCUT2D eigenvalue weighted by Gasteiger charge is 2.30. The summed E-state index contributed by atoms with van der Waals surface area (Å²) in [6.45, 7) is 0. The summed E-state index contributed by atoms with van der Waals surface area (Å²) in [7, 11) is 0. The molecule has 0 fully saturated rings. The zero-order chi connectivity index (χ0) is 20.5. The maximum absolute atomic E-state index is 6.03. The van der Waals surface area contributed by atoms with Gasteiger partial charge < -0.3 is 10.1 Å². The van der Waals surface area contributed by atoms with E-state index in [1.54, 1.807) is 6.33 Å². The van der Waals surface area contributed by atoms with E-state index in [9.17, 15) is 0 Å². The van der Waals surface area contributed by atoms with Gasteiger partial charge in [0.25, 0.3) is 0 Å². The van der Waals surface area contributed by atoms with Crippen LogP contribution in [0.1, 0.15) is 29.6 Å². The Labute approximate surface area is 187 Å². The molecule has 4 aromatic rings. The summed E-state index contributed by atoms with van der Waals surface area (Å²) in [6.07, 6.45) is 2.44. The molecule has 3 aromatic carbocycles. The zero-order valence-electron chi connectivity index (χ0n) is 15.9. The Balaban J connectivity index is 1.45. The van der Waals surface area contributed by atoms with E-state index in [1.165, 1.54) is 5.56 Å². The highest BCUT2D eigenvalue weighted by Crippen LogP contribution is 2.38. The lowest BCUT2D eigenvalue weighted by Crippen LogP contribution is -2.28. The van der Waals surface area contributed by atoms with Crippen molar-refractivity contribution in [2.24, 2.45) is 0 Å². The first kappa shape index (κ1) is 19.2. The Kier molecular flexibility index (Phi) is 5.19. The molecule has 1 aromatic heterocycles. The van der Waals surface area contributed by atoms with Crippen molar-refractivity contribution >= 4 is 33.5 Å². The average molecular weight is 482 g/mol. The summed E-state index contributed by atoms with van der Waals surface area (Å²) in [6, 6.07) is 24.1. The van der Waals surface area contributed by atoms with Crippen molar-refractivity contribution < 1.29 is 4.74 Å². The summed E-state index contributed by atoms with van der Waals surface area (Å²) in [5.41, 5.74) is 2.34. The molecular formula is C23H18BrClN4O. The first-order valence-electron chi connectivity index (χ1n) is 9.60. The number of anilines is 1. The normalized spacial score (nSPS) is 17.8. The molecule has 5 rings (SSSR count). The highest BCUT2D eigenvalue weighted by atomic mass is 79.9. The van der Waals surface area contributed by atoms with Crippen LogP contribution in [-0.4, -0.2) is 14.8 Å². The summed E-state index contributed by atoms with van der Waals surface area (Å²) in [5, 5.41) is 8.65. The molecule has 1 N–H and O–H groups in total. The second kappa shape index (κ2) is 8.13. The minimum atomic E-state index is 0.0474. The zero-order valence-corrected chi connectivity index (χ0v) is 18.2. The number of hydrogen-bond donors (Lipinski definition) is 1. The van der Waals surface area contributed by atoms with Crippen molar-refractivity contribution in [1.29, 1.82) is 0 Å². The summed E-state index contributed by atoms with van der Waals surface area (Å²) in [4.78, 5) is 4.41. The van der Waals surface area contributed by atoms with Gasteiger partial charge in [-0.25, -0.2) is 4.68 Å². The number of aromatic nitrogens is 3. The van der Waals surface area contributed by atoms with Gasteiger partial charge in [0.05, 0.1) is 12.1 Å². The van der Waals surface area contributed by atoms with Crippen LogP contribution < -0.4 is 10.1 Å². The molecule has 2 atom stereocenters. The Hall–Kier alpha value is -2.83. The van der Waals surface area contributed by atoms with Crippen LogP contribution in [0.5, 0.6) is 11.5 Å². The molecule has 30 heavy (non-hydrogen) atoms. The summed E-state index contributed by atoms with van der Waals surface area (Å²) >= 11 is 9.48. The number of ether oxygens (including phenoxy) is 1. The van der Waals surface area contributed by atoms with E-state index >= 15 is 0 Å². The number of rotatable bonds is 4. The predicted molar refractivity (Wildman–Crippen MR) is 121 cm³/mol. The minimum Gasteiger partial charge on any atom is -0.457 e. The van der Waals surface area contributed by atoms with Gasteiger partial charge in [0.1, 0.15) is 17.8 Å². The molecule has 0 saturated carbocycles. The maximum Gasteiger partial charge on any atom is 0.222 e. The quantitative estimate of drug-likeness (QED) is 0.355. The molecule has 0 spiro atoms. The number of nitrogens with zero attached hydrogens (tertiary/aromatic N) is 3. The van der Waals surface area contributed by atoms with Crippen molar-refractivity contribution in [2.45, 2.75) is 18.5 Å². The monoisotopic (exact) mass is 480 g/mol. The third-order valence-corrected chi connectivity index (χ3v) is 5.98. The van der Waals surface area contributed by atoms with Gasteiger partial charge in [0.2, 0.25) is 5.95 Å². The fourth-order valence-electron chi connectivity index (χ4n) is 3.74. The van der Waals surface area contributed by atoms with Crippen molar-refractivity contribution in [3.05, 3.63) is 99.7 Å². The molecule has 0 aliphatic carbocycles. The van der Waals surface area contributed by atoms with E-state index in [-0.39, 0.29) is 12.1 Å². The molecule has 7 heteroatoms. The SMILES string of the molecule is Clc1ccc(Oc2cccc([C@H]3C[C@H](c4ccc(Br)cc4)Nc4ncnn43)c2)cc1. The van der Waals surface area contributed by atoms with Gasteiger partial charge in [-0.15, -0.1) is 0 Å². The maximum atomic E-state index is 6.03. The van der Waals surface area contributed by atoms with E-state index in [4.69, 9.17) is 16.3 Å². The standard InChI is InChI=1S/C23H18BrClN4O/c24-17-6-4-15(5-7-17)21-13-22(29-23(28-21)26-14-27-29)16-2-1-3-20(12-16)30-19-10-8-18(25)9-11-19/h1-12,14,21-22H,13H2,(H,26,27,28)/t21-,22-/m1/s1. The Morgan fingerprint density at radius 1 is 0.967 bits per heavy atom. The Morgan fingerprint density at radius 3 is 2.57 bits per heavy atom. The highest BCUT2D eigenvalue weighted by molar-refractivity contribution is 9.10. The third-order valence-electron chi connectivity index (χ3n) is 5.20. The second-order valence-corrected chi connectivity index (χ2v) is 8.51. The molecule has 5 nitrogen and oxygen atoms in total. The number of hydrogen-bond acceptors (Lipinski definition) is 4. The van der Waals surface area contributed by atoms with Crippen LogP contribution >= 0.6 is 27.5 Å². The van der Waals surface area contributed by atoms with Crippen LogP contribution in [0.25, 0.3) is 0 Å². The molecule has 2 heterocycles. The van der Waals surface area contributed by atoms with Crippen LogP contribution in [0, 0.1) is 0 Å². The lowest BCUT2D eigenvalue weighted by atomic mass is 9.93. The summed E-state index contributed by atoms with van der Waals surface area (Å²) in [5.74, 6) is 2.29. The predicted octanol–water partition coefficient (Wildman–Crippen LogP) is 6.63. The number of benzene rings is 3. The van der Waals surface area contributed by atoms with Gasteiger partial charge in [-0.05, 0) is 66.1 Å². The smallest absolute Gasteiger partial charge is 0.222 e. The van der Waals surface area contributed by atoms with Crippen LogP contribution in [-0.2, 0) is 0 Å². The van der Waals surface area contributed by atoms with Gasteiger partial charge in [-0.1, -0.05) is 51.8 Å². The molecular weight excluding hydrogens is 464 g/mol. The first-order valence-corrected chi connectivity index (χ1v) is 10.8. The molecule has 1 aliphatic rings. The lowest BCUT2D eigenvalue weighted by Gasteiger charge is -2.32. The molecule has 0 amide bonds. The van der Waals surface area contributed by atoms with Crippen LogP contribution in [0.15, 0.2) is 83.6 Å². The van der Waals surface area contributed by atoms with Gasteiger partial charge in [-0.3, -0.25) is 0 Å². The van der Waals surface area contributed by atoms with Crippen LogP contribution in [0.2, 0.25) is 5.02 Å². The fourth-order valence-corrected chi connectivity index (χ4v) is 4.13. The van der Waals surface area contributed by atoms with Crippen molar-refractivity contribution in [1.82, 2.24) is 14.8 Å². The topological polar surface area (TPSA) is 52.0 Å². The van der Waals surface area contributed by atoms with Gasteiger partial charge >= 0.3 is 0 Å². The van der Waals surface area contributed by atoms with Gasteiger partial charge in [-0.2, -0.15) is 10.1 Å². The van der Waals surface area contributed by atoms with E-state index in [0.717, 1.165) is 33.9 Å². The van der Waals surface area contributed by atoms with Crippen molar-refractivity contribution in [3.8, 4) is 11.5 Å². The summed E-state index contributed by atoms with van der Waals surface area (Å²) < 4.78 is 9.04. The van der Waals surface area contributed by atoms with E-state index in [0.29, 0.717) is 5.02 Å². The third kappa shape index (κ3) is 3.93. The molecule has 0 saturated heterocycles. The number of halogens is 2. The van der Waals surface area contributed by atoms with Crippen LogP contribution in [0.3, 0.4) is 0 Å². The van der Waals surface area contributed by atoms with E-state index in [1.807, 2.05) is 41.1 Å². The number of nitrogens with one attached hydrogen (secondary N) is 1. The van der Waals surface area contributed by atoms with E-state index in [2.05, 4.69) is 67.7 Å². The Morgan fingerprint density at radius 2 is 1.77 bits per heavy atom. The fraction of sp³-hybridized carbons (Fsp3) is 0.130. The van der Waals surface area contributed by atoms with Gasteiger partial charge in [0.15, 0.2) is 0 Å². The van der Waals surface area contributed by atoms with Gasteiger partial charge in [0, 0.05) is 9.50 Å². The molecule has 150 valence electrons. The lowest BCUT2D eigenvalue weighted by molar-refractivity contribution is 0.427. The minimum absolute atomic E-state index is 0.0474. The largest absolute Gasteiger partial charge is 0.457 e. The molecule has 1 aliphatic heterocycles. The number of fused-ring (bicyclic) bond motifs is 1. The van der Waals surface area contributed by atoms with Crippen molar-refractivity contribution in [2.75, 3.05) is 5.32 Å². The first-order chi connectivity index (χ1) is 14.7.